The predicted octanol–water partition coefficient (Wildman–Crippen LogP) is 0.705. The highest BCUT2D eigenvalue weighted by Crippen LogP contribution is 1.93. The van der Waals surface area contributed by atoms with E-state index < -0.39 is 10.8 Å². The molecule has 0 spiro atoms. The van der Waals surface area contributed by atoms with E-state index in [0.29, 0.717) is 5.25 Å². The Kier molecular flexibility index (Phi) is 4.91. The van der Waals surface area contributed by atoms with Gasteiger partial charge >= 0.3 is 0 Å². The molecular formula is C7H17NOS. The Hall–Kier alpha value is 0.110. The van der Waals surface area contributed by atoms with Gasteiger partial charge < -0.3 is 4.90 Å². The first-order chi connectivity index (χ1) is 4.54. The highest BCUT2D eigenvalue weighted by Gasteiger charge is 2.03. The van der Waals surface area contributed by atoms with Crippen LogP contribution in [0.2, 0.25) is 0 Å². The van der Waals surface area contributed by atoms with Gasteiger partial charge in [0.15, 0.2) is 0 Å². The normalized spacial score (nSPS) is 14.6. The average Bonchev–Trinajstić information content (AvgIpc) is 1.82. The smallest absolute Gasteiger partial charge is 0.0364 e. The molecule has 1 unspecified atom stereocenters. The van der Waals surface area contributed by atoms with Crippen molar-refractivity contribution >= 4 is 10.8 Å². The first-order valence-electron chi connectivity index (χ1n) is 3.56. The summed E-state index contributed by atoms with van der Waals surface area (Å²) < 4.78 is 11.1. The van der Waals surface area contributed by atoms with Crippen molar-refractivity contribution in [3.05, 3.63) is 0 Å². The number of hydrogen-bond acceptors (Lipinski definition) is 2. The minimum absolute atomic E-state index is 0.306. The molecule has 62 valence electrons. The summed E-state index contributed by atoms with van der Waals surface area (Å²) in [7, 11) is 3.36. The van der Waals surface area contributed by atoms with Crippen LogP contribution in [0.25, 0.3) is 0 Å². The van der Waals surface area contributed by atoms with Crippen molar-refractivity contribution in [2.75, 3.05) is 26.4 Å². The van der Waals surface area contributed by atoms with Gasteiger partial charge in [-0.1, -0.05) is 13.8 Å². The molecule has 0 radical (unpaired) electrons. The summed E-state index contributed by atoms with van der Waals surface area (Å²) in [6.07, 6.45) is 0. The number of hydrogen-bond donors (Lipinski definition) is 0. The monoisotopic (exact) mass is 163 g/mol. The molecule has 0 saturated heterocycles. The Balaban J connectivity index is 3.40. The van der Waals surface area contributed by atoms with Crippen LogP contribution in [0.3, 0.4) is 0 Å². The zero-order valence-electron chi connectivity index (χ0n) is 7.26. The van der Waals surface area contributed by atoms with Crippen LogP contribution in [0.4, 0.5) is 0 Å². The van der Waals surface area contributed by atoms with E-state index in [1.165, 1.54) is 0 Å². The summed E-state index contributed by atoms with van der Waals surface area (Å²) in [6, 6.07) is 0. The Bertz CT molecular complexity index is 112. The van der Waals surface area contributed by atoms with Crippen molar-refractivity contribution in [1.82, 2.24) is 4.90 Å². The standard InChI is InChI=1S/C7H17NOS/c1-7(2)10(9)6-5-8(3)4/h7H,5-6H2,1-4H3. The van der Waals surface area contributed by atoms with Crippen LogP contribution < -0.4 is 0 Å². The third-order valence-electron chi connectivity index (χ3n) is 1.27. The molecule has 0 saturated carbocycles. The molecule has 2 nitrogen and oxygen atoms in total. The summed E-state index contributed by atoms with van der Waals surface area (Å²) in [5.74, 6) is 0.796. The molecule has 0 aromatic rings. The lowest BCUT2D eigenvalue weighted by Gasteiger charge is -2.10. The van der Waals surface area contributed by atoms with Gasteiger partial charge in [0.2, 0.25) is 0 Å². The molecule has 0 aromatic heterocycles. The SMILES string of the molecule is CC(C)S(=O)CCN(C)C. The number of nitrogens with zero attached hydrogens (tertiary/aromatic N) is 1. The second-order valence-corrected chi connectivity index (χ2v) is 5.05. The van der Waals surface area contributed by atoms with Gasteiger partial charge in [-0.3, -0.25) is 4.21 Å². The highest BCUT2D eigenvalue weighted by molar-refractivity contribution is 7.85. The van der Waals surface area contributed by atoms with Crippen molar-refractivity contribution in [2.45, 2.75) is 19.1 Å². The highest BCUT2D eigenvalue weighted by atomic mass is 32.2. The second-order valence-electron chi connectivity index (χ2n) is 2.94. The maximum atomic E-state index is 11.1. The van der Waals surface area contributed by atoms with E-state index in [1.54, 1.807) is 0 Å². The van der Waals surface area contributed by atoms with E-state index in [9.17, 15) is 4.21 Å². The van der Waals surface area contributed by atoms with E-state index >= 15 is 0 Å². The molecule has 0 rings (SSSR count). The molecule has 10 heavy (non-hydrogen) atoms. The van der Waals surface area contributed by atoms with Gasteiger partial charge in [0.1, 0.15) is 0 Å². The van der Waals surface area contributed by atoms with Gasteiger partial charge in [-0.15, -0.1) is 0 Å². The van der Waals surface area contributed by atoms with E-state index in [4.69, 9.17) is 0 Å². The summed E-state index contributed by atoms with van der Waals surface area (Å²) >= 11 is 0. The third-order valence-corrected chi connectivity index (χ3v) is 2.90. The summed E-state index contributed by atoms with van der Waals surface area (Å²) in [6.45, 7) is 4.91. The van der Waals surface area contributed by atoms with E-state index in [-0.39, 0.29) is 0 Å². The summed E-state index contributed by atoms with van der Waals surface area (Å²) in [5, 5.41) is 0.306. The van der Waals surface area contributed by atoms with Crippen molar-refractivity contribution < 1.29 is 4.21 Å². The molecule has 3 heteroatoms. The van der Waals surface area contributed by atoms with Gasteiger partial charge in [-0.25, -0.2) is 0 Å². The van der Waals surface area contributed by atoms with Crippen LogP contribution in [-0.4, -0.2) is 40.8 Å². The Morgan fingerprint density at radius 1 is 1.40 bits per heavy atom. The van der Waals surface area contributed by atoms with Crippen LogP contribution in [0, 0.1) is 0 Å². The molecule has 0 fully saturated rings. The minimum Gasteiger partial charge on any atom is -0.308 e. The second kappa shape index (κ2) is 4.85. The molecule has 0 aliphatic heterocycles. The fraction of sp³-hybridized carbons (Fsp3) is 1.00. The zero-order valence-corrected chi connectivity index (χ0v) is 8.07. The Labute approximate surface area is 66.1 Å². The topological polar surface area (TPSA) is 20.3 Å². The van der Waals surface area contributed by atoms with Crippen LogP contribution in [0.1, 0.15) is 13.8 Å². The molecule has 0 heterocycles. The lowest BCUT2D eigenvalue weighted by molar-refractivity contribution is 0.435. The van der Waals surface area contributed by atoms with Crippen LogP contribution in [-0.2, 0) is 10.8 Å². The molecule has 0 N–H and O–H groups in total. The first kappa shape index (κ1) is 10.1. The third kappa shape index (κ3) is 4.94. The average molecular weight is 163 g/mol. The van der Waals surface area contributed by atoms with E-state index in [2.05, 4.69) is 4.90 Å². The van der Waals surface area contributed by atoms with Crippen LogP contribution >= 0.6 is 0 Å². The quantitative estimate of drug-likeness (QED) is 0.608. The molecule has 1 atom stereocenters. The fourth-order valence-electron chi connectivity index (χ4n) is 0.508. The van der Waals surface area contributed by atoms with Crippen LogP contribution in [0.5, 0.6) is 0 Å². The van der Waals surface area contributed by atoms with E-state index in [1.807, 2.05) is 27.9 Å². The van der Waals surface area contributed by atoms with Crippen LogP contribution in [0.15, 0.2) is 0 Å². The lowest BCUT2D eigenvalue weighted by atomic mass is 10.6. The van der Waals surface area contributed by atoms with Crippen molar-refractivity contribution in [3.63, 3.8) is 0 Å². The van der Waals surface area contributed by atoms with Gasteiger partial charge in [0.25, 0.3) is 0 Å². The van der Waals surface area contributed by atoms with E-state index in [0.717, 1.165) is 12.3 Å². The summed E-state index contributed by atoms with van der Waals surface area (Å²) in [4.78, 5) is 2.06. The maximum Gasteiger partial charge on any atom is 0.0364 e. The molecule has 0 bridgehead atoms. The summed E-state index contributed by atoms with van der Waals surface area (Å²) in [5.41, 5.74) is 0. The predicted molar refractivity (Wildman–Crippen MR) is 46.7 cm³/mol. The first-order valence-corrected chi connectivity index (χ1v) is 4.94. The van der Waals surface area contributed by atoms with Gasteiger partial charge in [0.05, 0.1) is 0 Å². The number of rotatable bonds is 4. The molecular weight excluding hydrogens is 146 g/mol. The van der Waals surface area contributed by atoms with Crippen molar-refractivity contribution in [1.29, 1.82) is 0 Å². The molecule has 0 aliphatic rings. The van der Waals surface area contributed by atoms with Crippen molar-refractivity contribution in [2.24, 2.45) is 0 Å². The lowest BCUT2D eigenvalue weighted by Crippen LogP contribution is -2.22. The fourth-order valence-corrected chi connectivity index (χ4v) is 1.52. The molecule has 0 aromatic carbocycles. The minimum atomic E-state index is -0.634. The van der Waals surface area contributed by atoms with Crippen molar-refractivity contribution in [3.8, 4) is 0 Å². The zero-order chi connectivity index (χ0) is 8.15. The largest absolute Gasteiger partial charge is 0.308 e. The van der Waals surface area contributed by atoms with Gasteiger partial charge in [0, 0.05) is 28.3 Å². The van der Waals surface area contributed by atoms with Gasteiger partial charge in [-0.2, -0.15) is 0 Å². The van der Waals surface area contributed by atoms with Gasteiger partial charge in [-0.05, 0) is 14.1 Å². The Morgan fingerprint density at radius 2 is 1.90 bits per heavy atom. The Morgan fingerprint density at radius 3 is 2.20 bits per heavy atom. The molecule has 0 aliphatic carbocycles. The maximum absolute atomic E-state index is 11.1. The molecule has 0 amide bonds.